The van der Waals surface area contributed by atoms with E-state index in [4.69, 9.17) is 0 Å². The van der Waals surface area contributed by atoms with Crippen LogP contribution >= 0.6 is 0 Å². The highest BCUT2D eigenvalue weighted by Crippen LogP contribution is 2.39. The lowest BCUT2D eigenvalue weighted by Crippen LogP contribution is -2.49. The zero-order valence-electron chi connectivity index (χ0n) is 11.0. The molecule has 3 rings (SSSR count). The van der Waals surface area contributed by atoms with Crippen molar-refractivity contribution < 1.29 is 9.90 Å². The first-order valence-electron chi connectivity index (χ1n) is 6.80. The molecule has 1 saturated carbocycles. The maximum atomic E-state index is 12.5. The van der Waals surface area contributed by atoms with Gasteiger partial charge in [0.25, 0.3) is 5.91 Å². The lowest BCUT2D eigenvalue weighted by Gasteiger charge is -2.33. The van der Waals surface area contributed by atoms with Crippen LogP contribution in [0.25, 0.3) is 0 Å². The van der Waals surface area contributed by atoms with E-state index in [2.05, 4.69) is 5.10 Å². The zero-order valence-corrected chi connectivity index (χ0v) is 11.0. The molecule has 1 amide bonds. The van der Waals surface area contributed by atoms with Gasteiger partial charge in [0, 0.05) is 17.2 Å². The van der Waals surface area contributed by atoms with Gasteiger partial charge in [-0.25, -0.2) is 0 Å². The minimum absolute atomic E-state index is 0.00564. The summed E-state index contributed by atoms with van der Waals surface area (Å²) in [6.45, 7) is 1.69. The minimum Gasteiger partial charge on any atom is -0.369 e. The Morgan fingerprint density at radius 1 is 1.37 bits per heavy atom. The summed E-state index contributed by atoms with van der Waals surface area (Å²) >= 11 is 0. The molecule has 1 aliphatic carbocycles. The van der Waals surface area contributed by atoms with Crippen molar-refractivity contribution in [2.45, 2.75) is 38.3 Å². The molecule has 1 aromatic carbocycles. The Kier molecular flexibility index (Phi) is 2.90. The van der Waals surface area contributed by atoms with E-state index >= 15 is 0 Å². The molecule has 1 aromatic rings. The van der Waals surface area contributed by atoms with E-state index in [1.165, 1.54) is 5.01 Å². The van der Waals surface area contributed by atoms with Crippen LogP contribution in [0.5, 0.6) is 0 Å². The van der Waals surface area contributed by atoms with Crippen molar-refractivity contribution in [2.75, 3.05) is 0 Å². The van der Waals surface area contributed by atoms with Gasteiger partial charge in [0.2, 0.25) is 0 Å². The molecular formula is C15H18N2O2. The number of carbonyl (C=O) groups excluding carboxylic acids is 1. The Bertz CT molecular complexity index is 522. The van der Waals surface area contributed by atoms with Crippen LogP contribution in [-0.4, -0.2) is 27.5 Å². The van der Waals surface area contributed by atoms with Crippen LogP contribution in [-0.2, 0) is 0 Å². The van der Waals surface area contributed by atoms with Crippen molar-refractivity contribution in [3.8, 4) is 0 Å². The summed E-state index contributed by atoms with van der Waals surface area (Å²) in [5, 5.41) is 16.3. The summed E-state index contributed by atoms with van der Waals surface area (Å²) in [7, 11) is 0. The molecule has 0 radical (unpaired) electrons. The molecule has 2 aliphatic rings. The fraction of sp³-hybridized carbons (Fsp3) is 0.467. The number of fused-ring (bicyclic) bond motifs is 1. The van der Waals surface area contributed by atoms with E-state index in [-0.39, 0.29) is 11.8 Å². The fourth-order valence-corrected chi connectivity index (χ4v) is 3.04. The SMILES string of the molecule is C[C@@]1(O)[C@@H]2CCCCC2=NN1C(=O)c1ccccc1. The Hall–Kier alpha value is -1.68. The van der Waals surface area contributed by atoms with E-state index in [1.807, 2.05) is 18.2 Å². The zero-order chi connectivity index (χ0) is 13.5. The van der Waals surface area contributed by atoms with Gasteiger partial charge in [-0.1, -0.05) is 24.6 Å². The van der Waals surface area contributed by atoms with Gasteiger partial charge in [-0.3, -0.25) is 4.79 Å². The molecule has 1 aliphatic heterocycles. The number of hydrogen-bond acceptors (Lipinski definition) is 3. The highest BCUT2D eigenvalue weighted by molar-refractivity contribution is 5.99. The van der Waals surface area contributed by atoms with Crippen LogP contribution in [0.4, 0.5) is 0 Å². The van der Waals surface area contributed by atoms with Crippen molar-refractivity contribution in [1.82, 2.24) is 5.01 Å². The largest absolute Gasteiger partial charge is 0.369 e. The molecule has 4 nitrogen and oxygen atoms in total. The molecule has 0 aromatic heterocycles. The van der Waals surface area contributed by atoms with Gasteiger partial charge < -0.3 is 5.11 Å². The molecule has 100 valence electrons. The van der Waals surface area contributed by atoms with Crippen molar-refractivity contribution in [3.63, 3.8) is 0 Å². The average Bonchev–Trinajstić information content (AvgIpc) is 2.71. The summed E-state index contributed by atoms with van der Waals surface area (Å²) in [6, 6.07) is 9.00. The number of aliphatic hydroxyl groups is 1. The number of amides is 1. The second-order valence-electron chi connectivity index (χ2n) is 5.47. The van der Waals surface area contributed by atoms with E-state index in [9.17, 15) is 9.90 Å². The molecule has 1 N–H and O–H groups in total. The van der Waals surface area contributed by atoms with E-state index < -0.39 is 5.72 Å². The molecule has 19 heavy (non-hydrogen) atoms. The van der Waals surface area contributed by atoms with Crippen LogP contribution in [0.2, 0.25) is 0 Å². The number of benzene rings is 1. The molecule has 0 saturated heterocycles. The third-order valence-electron chi connectivity index (χ3n) is 4.11. The van der Waals surface area contributed by atoms with Crippen molar-refractivity contribution in [3.05, 3.63) is 35.9 Å². The Morgan fingerprint density at radius 3 is 2.79 bits per heavy atom. The van der Waals surface area contributed by atoms with E-state index in [0.717, 1.165) is 31.4 Å². The summed E-state index contributed by atoms with van der Waals surface area (Å²) in [5.41, 5.74) is 0.342. The third kappa shape index (κ3) is 1.96. The summed E-state index contributed by atoms with van der Waals surface area (Å²) in [6.07, 6.45) is 3.98. The standard InChI is InChI=1S/C15H18N2O2/c1-15(19)12-9-5-6-10-13(12)16-17(15)14(18)11-7-3-2-4-8-11/h2-4,7-8,12,19H,5-6,9-10H2,1H3/t12-,15-/m1/s1. The molecule has 1 fully saturated rings. The van der Waals surface area contributed by atoms with Crippen LogP contribution < -0.4 is 0 Å². The molecule has 1 heterocycles. The first-order chi connectivity index (χ1) is 9.10. The maximum Gasteiger partial charge on any atom is 0.276 e. The van der Waals surface area contributed by atoms with Crippen LogP contribution in [0.15, 0.2) is 35.4 Å². The molecule has 0 unspecified atom stereocenters. The normalized spacial score (nSPS) is 29.9. The Balaban J connectivity index is 1.93. The number of hydrogen-bond donors (Lipinski definition) is 1. The summed E-state index contributed by atoms with van der Waals surface area (Å²) < 4.78 is 0. The number of nitrogens with zero attached hydrogens (tertiary/aromatic N) is 2. The van der Waals surface area contributed by atoms with Crippen molar-refractivity contribution in [2.24, 2.45) is 11.0 Å². The van der Waals surface area contributed by atoms with Gasteiger partial charge >= 0.3 is 0 Å². The Morgan fingerprint density at radius 2 is 2.11 bits per heavy atom. The highest BCUT2D eigenvalue weighted by atomic mass is 16.3. The number of carbonyl (C=O) groups is 1. The predicted molar refractivity (Wildman–Crippen MR) is 72.6 cm³/mol. The first-order valence-corrected chi connectivity index (χ1v) is 6.80. The van der Waals surface area contributed by atoms with Gasteiger partial charge in [0.15, 0.2) is 5.72 Å². The molecule has 0 bridgehead atoms. The smallest absolute Gasteiger partial charge is 0.276 e. The lowest BCUT2D eigenvalue weighted by molar-refractivity contribution is -0.0852. The summed E-state index contributed by atoms with van der Waals surface area (Å²) in [4.78, 5) is 12.5. The highest BCUT2D eigenvalue weighted by Gasteiger charge is 2.49. The number of hydrazone groups is 1. The monoisotopic (exact) mass is 258 g/mol. The predicted octanol–water partition coefficient (Wildman–Crippen LogP) is 2.40. The fourth-order valence-electron chi connectivity index (χ4n) is 3.04. The van der Waals surface area contributed by atoms with E-state index in [1.54, 1.807) is 19.1 Å². The first kappa shape index (κ1) is 12.4. The topological polar surface area (TPSA) is 52.9 Å². The van der Waals surface area contributed by atoms with Gasteiger partial charge in [0.1, 0.15) is 0 Å². The van der Waals surface area contributed by atoms with Gasteiger partial charge in [-0.05, 0) is 38.3 Å². The average molecular weight is 258 g/mol. The summed E-state index contributed by atoms with van der Waals surface area (Å²) in [5.74, 6) is -0.235. The molecule has 4 heteroatoms. The second kappa shape index (κ2) is 4.46. The van der Waals surface area contributed by atoms with Crippen LogP contribution in [0.3, 0.4) is 0 Å². The van der Waals surface area contributed by atoms with Crippen LogP contribution in [0.1, 0.15) is 43.0 Å². The molecule has 2 atom stereocenters. The van der Waals surface area contributed by atoms with Crippen molar-refractivity contribution in [1.29, 1.82) is 0 Å². The minimum atomic E-state index is -1.19. The quantitative estimate of drug-likeness (QED) is 0.841. The Labute approximate surface area is 112 Å². The van der Waals surface area contributed by atoms with Crippen molar-refractivity contribution >= 4 is 11.6 Å². The molecule has 0 spiro atoms. The number of rotatable bonds is 1. The van der Waals surface area contributed by atoms with Gasteiger partial charge in [0.05, 0.1) is 0 Å². The van der Waals surface area contributed by atoms with Gasteiger partial charge in [-0.2, -0.15) is 10.1 Å². The van der Waals surface area contributed by atoms with E-state index in [0.29, 0.717) is 5.56 Å². The second-order valence-corrected chi connectivity index (χ2v) is 5.47. The van der Waals surface area contributed by atoms with Crippen LogP contribution in [0, 0.1) is 5.92 Å². The lowest BCUT2D eigenvalue weighted by atomic mass is 9.81. The van der Waals surface area contributed by atoms with Gasteiger partial charge in [-0.15, -0.1) is 0 Å². The molecular weight excluding hydrogens is 240 g/mol. The third-order valence-corrected chi connectivity index (χ3v) is 4.11. The maximum absolute atomic E-state index is 12.5.